The first-order valence-electron chi connectivity index (χ1n) is 4.60. The maximum atomic E-state index is 5.81. The molecule has 1 aliphatic carbocycles. The zero-order valence-electron chi connectivity index (χ0n) is 7.30. The van der Waals surface area contributed by atoms with E-state index in [9.17, 15) is 0 Å². The van der Waals surface area contributed by atoms with Crippen LogP contribution < -0.4 is 5.73 Å². The molecular formula is C10H11N3. The van der Waals surface area contributed by atoms with Crippen LogP contribution in [0.1, 0.15) is 17.5 Å². The Hall–Kier alpha value is -1.51. The number of aromatic nitrogens is 2. The summed E-state index contributed by atoms with van der Waals surface area (Å²) in [5.74, 6) is 0.647. The minimum Gasteiger partial charge on any atom is -0.382 e. The van der Waals surface area contributed by atoms with Gasteiger partial charge in [-0.1, -0.05) is 6.07 Å². The lowest BCUT2D eigenvalue weighted by molar-refractivity contribution is 0.913. The fourth-order valence-corrected chi connectivity index (χ4v) is 2.23. The molecule has 0 fully saturated rings. The normalized spacial score (nSPS) is 15.1. The number of nitrogens with zero attached hydrogens (tertiary/aromatic N) is 1. The Bertz CT molecular complexity index is 470. The molecule has 3 nitrogen and oxygen atoms in total. The van der Waals surface area contributed by atoms with Crippen molar-refractivity contribution in [2.45, 2.75) is 19.3 Å². The average molecular weight is 173 g/mol. The summed E-state index contributed by atoms with van der Waals surface area (Å²) in [4.78, 5) is 0. The molecule has 0 saturated carbocycles. The van der Waals surface area contributed by atoms with Gasteiger partial charge >= 0.3 is 0 Å². The number of fused-ring (bicyclic) bond motifs is 3. The summed E-state index contributed by atoms with van der Waals surface area (Å²) in [6.45, 7) is 0. The SMILES string of the molecule is Nc1n[nH]c2ccc3c(c12)CCC3. The number of nitrogen functional groups attached to an aromatic ring is 1. The van der Waals surface area contributed by atoms with Crippen LogP contribution in [0, 0.1) is 0 Å². The van der Waals surface area contributed by atoms with Gasteiger partial charge < -0.3 is 5.73 Å². The van der Waals surface area contributed by atoms with Gasteiger partial charge in [-0.15, -0.1) is 0 Å². The van der Waals surface area contributed by atoms with E-state index in [1.807, 2.05) is 0 Å². The summed E-state index contributed by atoms with van der Waals surface area (Å²) in [6.07, 6.45) is 3.59. The van der Waals surface area contributed by atoms with Crippen LogP contribution in [0.5, 0.6) is 0 Å². The molecule has 13 heavy (non-hydrogen) atoms. The molecule has 0 saturated heterocycles. The van der Waals surface area contributed by atoms with Crippen molar-refractivity contribution in [3.8, 4) is 0 Å². The summed E-state index contributed by atoms with van der Waals surface area (Å²) < 4.78 is 0. The van der Waals surface area contributed by atoms with Gasteiger partial charge in [0.05, 0.1) is 5.52 Å². The van der Waals surface area contributed by atoms with Crippen molar-refractivity contribution >= 4 is 16.7 Å². The van der Waals surface area contributed by atoms with Crippen LogP contribution in [-0.4, -0.2) is 10.2 Å². The first-order chi connectivity index (χ1) is 6.36. The van der Waals surface area contributed by atoms with E-state index in [4.69, 9.17) is 5.73 Å². The van der Waals surface area contributed by atoms with Gasteiger partial charge in [0.1, 0.15) is 0 Å². The second kappa shape index (κ2) is 2.25. The maximum absolute atomic E-state index is 5.81. The summed E-state index contributed by atoms with van der Waals surface area (Å²) in [7, 11) is 0. The largest absolute Gasteiger partial charge is 0.382 e. The van der Waals surface area contributed by atoms with E-state index in [0.29, 0.717) is 5.82 Å². The quantitative estimate of drug-likeness (QED) is 0.636. The molecule has 0 bridgehead atoms. The number of benzene rings is 1. The standard InChI is InChI=1S/C10H11N3/c11-10-9-7-3-1-2-6(7)4-5-8(9)12-13-10/h4-5H,1-3H2,(H3,11,12,13). The molecule has 0 amide bonds. The number of aryl methyl sites for hydroxylation is 2. The van der Waals surface area contributed by atoms with Crippen molar-refractivity contribution < 1.29 is 0 Å². The van der Waals surface area contributed by atoms with Crippen molar-refractivity contribution in [2.24, 2.45) is 0 Å². The zero-order chi connectivity index (χ0) is 8.84. The van der Waals surface area contributed by atoms with E-state index in [2.05, 4.69) is 22.3 Å². The summed E-state index contributed by atoms with van der Waals surface area (Å²) in [5.41, 5.74) is 9.73. The van der Waals surface area contributed by atoms with E-state index in [1.165, 1.54) is 24.0 Å². The number of aromatic amines is 1. The molecule has 2 aromatic rings. The third-order valence-corrected chi connectivity index (χ3v) is 2.84. The highest BCUT2D eigenvalue weighted by molar-refractivity contribution is 5.92. The Kier molecular flexibility index (Phi) is 1.20. The number of anilines is 1. The monoisotopic (exact) mass is 173 g/mol. The van der Waals surface area contributed by atoms with Crippen LogP contribution in [-0.2, 0) is 12.8 Å². The van der Waals surface area contributed by atoms with Gasteiger partial charge in [0.25, 0.3) is 0 Å². The van der Waals surface area contributed by atoms with Gasteiger partial charge in [0, 0.05) is 5.39 Å². The molecule has 0 spiro atoms. The van der Waals surface area contributed by atoms with Crippen LogP contribution in [0.2, 0.25) is 0 Å². The Balaban J connectivity index is 2.47. The molecule has 1 aromatic heterocycles. The van der Waals surface area contributed by atoms with Crippen molar-refractivity contribution in [1.82, 2.24) is 10.2 Å². The molecule has 1 heterocycles. The highest BCUT2D eigenvalue weighted by Crippen LogP contribution is 2.31. The number of H-pyrrole nitrogens is 1. The Morgan fingerprint density at radius 2 is 2.23 bits per heavy atom. The molecular weight excluding hydrogens is 162 g/mol. The molecule has 3 heteroatoms. The molecule has 1 aliphatic rings. The molecule has 0 aliphatic heterocycles. The molecule has 3 N–H and O–H groups in total. The number of hydrogen-bond acceptors (Lipinski definition) is 2. The molecule has 0 radical (unpaired) electrons. The summed E-state index contributed by atoms with van der Waals surface area (Å²) >= 11 is 0. The van der Waals surface area contributed by atoms with Crippen LogP contribution in [0.4, 0.5) is 5.82 Å². The zero-order valence-corrected chi connectivity index (χ0v) is 7.30. The highest BCUT2D eigenvalue weighted by Gasteiger charge is 2.16. The van der Waals surface area contributed by atoms with Crippen LogP contribution in [0.15, 0.2) is 12.1 Å². The van der Waals surface area contributed by atoms with Gasteiger partial charge in [-0.25, -0.2) is 0 Å². The van der Waals surface area contributed by atoms with Crippen molar-refractivity contribution in [3.63, 3.8) is 0 Å². The van der Waals surface area contributed by atoms with Gasteiger partial charge in [-0.05, 0) is 36.5 Å². The van der Waals surface area contributed by atoms with Gasteiger partial charge in [-0.3, -0.25) is 5.10 Å². The predicted octanol–water partition coefficient (Wildman–Crippen LogP) is 1.63. The van der Waals surface area contributed by atoms with Gasteiger partial charge in [0.15, 0.2) is 5.82 Å². The number of nitrogens with two attached hydrogens (primary N) is 1. The van der Waals surface area contributed by atoms with Crippen LogP contribution in [0.3, 0.4) is 0 Å². The minimum absolute atomic E-state index is 0.647. The minimum atomic E-state index is 0.647. The van der Waals surface area contributed by atoms with Gasteiger partial charge in [0.2, 0.25) is 0 Å². The van der Waals surface area contributed by atoms with E-state index in [-0.39, 0.29) is 0 Å². The molecule has 66 valence electrons. The third-order valence-electron chi connectivity index (χ3n) is 2.84. The topological polar surface area (TPSA) is 54.7 Å². The fraction of sp³-hybridized carbons (Fsp3) is 0.300. The van der Waals surface area contributed by atoms with Crippen LogP contribution in [0.25, 0.3) is 10.9 Å². The Morgan fingerprint density at radius 1 is 1.31 bits per heavy atom. The Labute approximate surface area is 75.9 Å². The second-order valence-electron chi connectivity index (χ2n) is 3.59. The highest BCUT2D eigenvalue weighted by atomic mass is 15.1. The molecule has 3 rings (SSSR count). The lowest BCUT2D eigenvalue weighted by atomic mass is 10.1. The number of nitrogens with one attached hydrogen (secondary N) is 1. The van der Waals surface area contributed by atoms with E-state index >= 15 is 0 Å². The van der Waals surface area contributed by atoms with Crippen molar-refractivity contribution in [2.75, 3.05) is 5.73 Å². The summed E-state index contributed by atoms with van der Waals surface area (Å²) in [5, 5.41) is 8.12. The fourth-order valence-electron chi connectivity index (χ4n) is 2.23. The first-order valence-corrected chi connectivity index (χ1v) is 4.60. The van der Waals surface area contributed by atoms with E-state index < -0.39 is 0 Å². The molecule has 0 atom stereocenters. The number of hydrogen-bond donors (Lipinski definition) is 2. The molecule has 0 unspecified atom stereocenters. The summed E-state index contributed by atoms with van der Waals surface area (Å²) in [6, 6.07) is 4.26. The molecule has 1 aromatic carbocycles. The van der Waals surface area contributed by atoms with E-state index in [1.54, 1.807) is 0 Å². The second-order valence-corrected chi connectivity index (χ2v) is 3.59. The van der Waals surface area contributed by atoms with Crippen LogP contribution >= 0.6 is 0 Å². The number of rotatable bonds is 0. The predicted molar refractivity (Wildman–Crippen MR) is 52.5 cm³/mol. The average Bonchev–Trinajstić information content (AvgIpc) is 2.70. The first kappa shape index (κ1) is 6.95. The maximum Gasteiger partial charge on any atom is 0.153 e. The van der Waals surface area contributed by atoms with E-state index in [0.717, 1.165) is 17.3 Å². The third kappa shape index (κ3) is 0.813. The lowest BCUT2D eigenvalue weighted by Crippen LogP contribution is -1.88. The smallest absolute Gasteiger partial charge is 0.153 e. The van der Waals surface area contributed by atoms with Crippen molar-refractivity contribution in [1.29, 1.82) is 0 Å². The van der Waals surface area contributed by atoms with Gasteiger partial charge in [-0.2, -0.15) is 5.10 Å². The Morgan fingerprint density at radius 3 is 3.15 bits per heavy atom. The lowest BCUT2D eigenvalue weighted by Gasteiger charge is -1.99. The van der Waals surface area contributed by atoms with Crippen molar-refractivity contribution in [3.05, 3.63) is 23.3 Å².